The van der Waals surface area contributed by atoms with Crippen molar-refractivity contribution in [1.82, 2.24) is 5.32 Å². The molecule has 0 aliphatic rings. The monoisotopic (exact) mass is 372 g/mol. The third-order valence-electron chi connectivity index (χ3n) is 3.54. The Bertz CT molecular complexity index is 679. The molecule has 2 rings (SSSR count). The molecule has 136 valence electrons. The average Bonchev–Trinajstić information content (AvgIpc) is 2.56. The molecule has 0 amide bonds. The first kappa shape index (κ1) is 19.6. The first-order chi connectivity index (χ1) is 11.8. The molecule has 3 nitrogen and oxygen atoms in total. The molecule has 1 atom stereocenters. The lowest BCUT2D eigenvalue weighted by atomic mass is 10.1. The van der Waals surface area contributed by atoms with Gasteiger partial charge in [-0.3, -0.25) is 0 Å². The van der Waals surface area contributed by atoms with Gasteiger partial charge in [0.2, 0.25) is 0 Å². The molecule has 7 heteroatoms. The van der Waals surface area contributed by atoms with Crippen LogP contribution in [0.2, 0.25) is 5.02 Å². The van der Waals surface area contributed by atoms with Crippen LogP contribution >= 0.6 is 11.6 Å². The smallest absolute Gasteiger partial charge is 0.416 e. The van der Waals surface area contributed by atoms with E-state index in [4.69, 9.17) is 22.1 Å². The summed E-state index contributed by atoms with van der Waals surface area (Å²) < 4.78 is 43.5. The number of hydrogen-bond acceptors (Lipinski definition) is 3. The molecule has 0 aromatic heterocycles. The molecule has 1 unspecified atom stereocenters. The minimum absolute atomic E-state index is 0.187. The SMILES string of the molecule is NC(CCNCc1cccc(C(F)(F)F)c1)COc1cccc(Cl)c1. The topological polar surface area (TPSA) is 47.3 Å². The van der Waals surface area contributed by atoms with Crippen LogP contribution in [0.15, 0.2) is 48.5 Å². The van der Waals surface area contributed by atoms with Crippen molar-refractivity contribution in [3.05, 3.63) is 64.7 Å². The van der Waals surface area contributed by atoms with Crippen LogP contribution < -0.4 is 15.8 Å². The summed E-state index contributed by atoms with van der Waals surface area (Å²) >= 11 is 5.87. The number of hydrogen-bond donors (Lipinski definition) is 2. The molecule has 0 radical (unpaired) electrons. The van der Waals surface area contributed by atoms with E-state index in [1.54, 1.807) is 30.3 Å². The number of halogens is 4. The Balaban J connectivity index is 1.69. The van der Waals surface area contributed by atoms with E-state index in [0.29, 0.717) is 42.5 Å². The molecule has 0 spiro atoms. The van der Waals surface area contributed by atoms with Crippen molar-refractivity contribution in [3.63, 3.8) is 0 Å². The summed E-state index contributed by atoms with van der Waals surface area (Å²) in [5.41, 5.74) is 5.92. The van der Waals surface area contributed by atoms with Gasteiger partial charge in [-0.25, -0.2) is 0 Å². The van der Waals surface area contributed by atoms with E-state index in [0.717, 1.165) is 12.1 Å². The fraction of sp³-hybridized carbons (Fsp3) is 0.333. The van der Waals surface area contributed by atoms with Gasteiger partial charge in [0.05, 0.1) is 5.56 Å². The summed E-state index contributed by atoms with van der Waals surface area (Å²) in [7, 11) is 0. The molecule has 2 aromatic carbocycles. The van der Waals surface area contributed by atoms with E-state index in [2.05, 4.69) is 5.32 Å². The minimum atomic E-state index is -4.32. The van der Waals surface area contributed by atoms with Gasteiger partial charge in [0.25, 0.3) is 0 Å². The van der Waals surface area contributed by atoms with Crippen LogP contribution in [0.1, 0.15) is 17.5 Å². The molecule has 0 saturated heterocycles. The third-order valence-corrected chi connectivity index (χ3v) is 3.77. The van der Waals surface area contributed by atoms with E-state index in [1.807, 2.05) is 0 Å². The van der Waals surface area contributed by atoms with Gasteiger partial charge in [0, 0.05) is 17.6 Å². The largest absolute Gasteiger partial charge is 0.492 e. The van der Waals surface area contributed by atoms with Gasteiger partial charge in [0.15, 0.2) is 0 Å². The second-order valence-electron chi connectivity index (χ2n) is 5.69. The van der Waals surface area contributed by atoms with Crippen LogP contribution in [0.5, 0.6) is 5.75 Å². The molecular weight excluding hydrogens is 353 g/mol. The van der Waals surface area contributed by atoms with Crippen LogP contribution in [0.25, 0.3) is 0 Å². The van der Waals surface area contributed by atoms with Gasteiger partial charge >= 0.3 is 6.18 Å². The zero-order valence-corrected chi connectivity index (χ0v) is 14.3. The molecule has 0 fully saturated rings. The molecular formula is C18H20ClF3N2O. The fourth-order valence-corrected chi connectivity index (χ4v) is 2.40. The zero-order valence-electron chi connectivity index (χ0n) is 13.5. The van der Waals surface area contributed by atoms with Crippen LogP contribution in [-0.4, -0.2) is 19.2 Å². The van der Waals surface area contributed by atoms with E-state index in [1.165, 1.54) is 6.07 Å². The third kappa shape index (κ3) is 6.94. The lowest BCUT2D eigenvalue weighted by Crippen LogP contribution is -2.31. The van der Waals surface area contributed by atoms with Crippen LogP contribution in [0, 0.1) is 0 Å². The van der Waals surface area contributed by atoms with Gasteiger partial charge in [-0.1, -0.05) is 35.9 Å². The highest BCUT2D eigenvalue weighted by atomic mass is 35.5. The number of alkyl halides is 3. The summed E-state index contributed by atoms with van der Waals surface area (Å²) in [6, 6.07) is 12.1. The van der Waals surface area contributed by atoms with Crippen molar-refractivity contribution >= 4 is 11.6 Å². The van der Waals surface area contributed by atoms with Gasteiger partial charge in [-0.2, -0.15) is 13.2 Å². The van der Waals surface area contributed by atoms with Crippen molar-refractivity contribution < 1.29 is 17.9 Å². The molecule has 2 aromatic rings. The number of benzene rings is 2. The van der Waals surface area contributed by atoms with Gasteiger partial charge in [0.1, 0.15) is 12.4 Å². The Kier molecular flexibility index (Phi) is 7.11. The number of rotatable bonds is 8. The minimum Gasteiger partial charge on any atom is -0.492 e. The molecule has 0 saturated carbocycles. The van der Waals surface area contributed by atoms with Gasteiger partial charge in [-0.15, -0.1) is 0 Å². The van der Waals surface area contributed by atoms with Gasteiger partial charge < -0.3 is 15.8 Å². The van der Waals surface area contributed by atoms with Crippen molar-refractivity contribution in [3.8, 4) is 5.75 Å². The first-order valence-corrected chi connectivity index (χ1v) is 8.23. The van der Waals surface area contributed by atoms with E-state index < -0.39 is 11.7 Å². The summed E-state index contributed by atoms with van der Waals surface area (Å²) in [6.07, 6.45) is -3.68. The van der Waals surface area contributed by atoms with Crippen molar-refractivity contribution in [2.45, 2.75) is 25.2 Å². The molecule has 3 N–H and O–H groups in total. The second-order valence-corrected chi connectivity index (χ2v) is 6.13. The van der Waals surface area contributed by atoms with E-state index in [9.17, 15) is 13.2 Å². The molecule has 0 aliphatic heterocycles. The highest BCUT2D eigenvalue weighted by Gasteiger charge is 2.30. The van der Waals surface area contributed by atoms with E-state index in [-0.39, 0.29) is 6.04 Å². The molecule has 0 heterocycles. The quantitative estimate of drug-likeness (QED) is 0.681. The predicted octanol–water partition coefficient (Wildman–Crippen LogP) is 4.24. The maximum absolute atomic E-state index is 12.7. The number of ether oxygens (including phenoxy) is 1. The van der Waals surface area contributed by atoms with E-state index >= 15 is 0 Å². The second kappa shape index (κ2) is 9.08. The maximum atomic E-state index is 12.7. The lowest BCUT2D eigenvalue weighted by Gasteiger charge is -2.14. The Labute approximate surface area is 149 Å². The Morgan fingerprint density at radius 2 is 1.88 bits per heavy atom. The average molecular weight is 373 g/mol. The Morgan fingerprint density at radius 3 is 2.60 bits per heavy atom. The standard InChI is InChI=1S/C18H20ClF3N2O/c19-15-5-2-6-17(10-15)25-12-16(23)7-8-24-11-13-3-1-4-14(9-13)18(20,21)22/h1-6,9-10,16,24H,7-8,11-12,23H2. The summed E-state index contributed by atoms with van der Waals surface area (Å²) in [6.45, 7) is 1.27. The molecule has 0 bridgehead atoms. The van der Waals surface area contributed by atoms with Crippen molar-refractivity contribution in [1.29, 1.82) is 0 Å². The van der Waals surface area contributed by atoms with Crippen molar-refractivity contribution in [2.24, 2.45) is 5.73 Å². The van der Waals surface area contributed by atoms with Crippen LogP contribution in [0.4, 0.5) is 13.2 Å². The summed E-state index contributed by atoms with van der Waals surface area (Å²) in [4.78, 5) is 0. The Hall–Kier alpha value is -1.76. The molecule has 0 aliphatic carbocycles. The normalized spacial score (nSPS) is 12.8. The summed E-state index contributed by atoms with van der Waals surface area (Å²) in [5.74, 6) is 0.653. The fourth-order valence-electron chi connectivity index (χ4n) is 2.22. The van der Waals surface area contributed by atoms with Crippen LogP contribution in [-0.2, 0) is 12.7 Å². The molecule has 25 heavy (non-hydrogen) atoms. The Morgan fingerprint density at radius 1 is 1.12 bits per heavy atom. The number of nitrogens with two attached hydrogens (primary N) is 1. The summed E-state index contributed by atoms with van der Waals surface area (Å²) in [5, 5.41) is 3.69. The van der Waals surface area contributed by atoms with Crippen molar-refractivity contribution in [2.75, 3.05) is 13.2 Å². The van der Waals surface area contributed by atoms with Gasteiger partial charge in [-0.05, 0) is 42.8 Å². The van der Waals surface area contributed by atoms with Crippen LogP contribution in [0.3, 0.4) is 0 Å². The highest BCUT2D eigenvalue weighted by Crippen LogP contribution is 2.29. The maximum Gasteiger partial charge on any atom is 0.416 e. The number of nitrogens with one attached hydrogen (secondary N) is 1. The zero-order chi connectivity index (χ0) is 18.3. The lowest BCUT2D eigenvalue weighted by molar-refractivity contribution is -0.137. The predicted molar refractivity (Wildman–Crippen MR) is 92.7 cm³/mol. The highest BCUT2D eigenvalue weighted by molar-refractivity contribution is 6.30. The first-order valence-electron chi connectivity index (χ1n) is 7.85.